The second kappa shape index (κ2) is 9.97. The Labute approximate surface area is 78.1 Å². The summed E-state index contributed by atoms with van der Waals surface area (Å²) in [6.07, 6.45) is 0.574. The van der Waals surface area contributed by atoms with Crippen LogP contribution in [0.3, 0.4) is 0 Å². The van der Waals surface area contributed by atoms with Crippen molar-refractivity contribution in [3.8, 4) is 0 Å². The van der Waals surface area contributed by atoms with E-state index >= 15 is 0 Å². The lowest BCUT2D eigenvalue weighted by Gasteiger charge is -2.03. The molecule has 11 heavy (non-hydrogen) atoms. The van der Waals surface area contributed by atoms with E-state index < -0.39 is 5.97 Å². The van der Waals surface area contributed by atoms with Gasteiger partial charge in [0.25, 0.3) is 0 Å². The van der Waals surface area contributed by atoms with Crippen LogP contribution in [0, 0.1) is 0 Å². The maximum atomic E-state index is 9.92. The Kier molecular flexibility index (Phi) is 15.6. The van der Waals surface area contributed by atoms with E-state index in [0.717, 1.165) is 0 Å². The number of carbonyl (C=O) groups is 1. The fourth-order valence-corrected chi connectivity index (χ4v) is 0.427. The molecule has 0 aromatic carbocycles. The number of halogens is 2. The van der Waals surface area contributed by atoms with E-state index in [1.54, 1.807) is 0 Å². The molecule has 0 aliphatic carbocycles. The smallest absolute Gasteiger partial charge is 0.303 e. The maximum Gasteiger partial charge on any atom is 0.303 e. The average molecular weight is 205 g/mol. The Morgan fingerprint density at radius 3 is 2.18 bits per heavy atom. The van der Waals surface area contributed by atoms with E-state index in [0.29, 0.717) is 13.0 Å². The van der Waals surface area contributed by atoms with E-state index in [4.69, 9.17) is 16.6 Å². The van der Waals surface area contributed by atoms with E-state index in [2.05, 4.69) is 0 Å². The summed E-state index contributed by atoms with van der Waals surface area (Å²) in [5.41, 5.74) is 10.5. The van der Waals surface area contributed by atoms with Crippen LogP contribution in [0.4, 0.5) is 0 Å². The van der Waals surface area contributed by atoms with Gasteiger partial charge in [0.15, 0.2) is 0 Å². The first-order valence-corrected chi connectivity index (χ1v) is 2.84. The number of hydrogen-bond acceptors (Lipinski definition) is 3. The molecule has 0 heterocycles. The monoisotopic (exact) mass is 204 g/mol. The SMILES string of the molecule is Cl.Cl.NC[C@H](N)CCC(=O)O. The number of carboxylic acids is 1. The van der Waals surface area contributed by atoms with Crippen molar-refractivity contribution in [2.24, 2.45) is 11.5 Å². The minimum atomic E-state index is -0.820. The number of nitrogens with two attached hydrogens (primary N) is 2. The summed E-state index contributed by atoms with van der Waals surface area (Å²) in [4.78, 5) is 9.92. The molecule has 0 amide bonds. The van der Waals surface area contributed by atoms with Crippen LogP contribution in [-0.2, 0) is 4.79 Å². The highest BCUT2D eigenvalue weighted by molar-refractivity contribution is 5.85. The highest BCUT2D eigenvalue weighted by Gasteiger charge is 2.01. The Morgan fingerprint density at radius 1 is 1.45 bits per heavy atom. The van der Waals surface area contributed by atoms with E-state index in [9.17, 15) is 4.79 Å². The number of hydrogen-bond donors (Lipinski definition) is 3. The summed E-state index contributed by atoms with van der Waals surface area (Å²) < 4.78 is 0. The maximum absolute atomic E-state index is 9.92. The van der Waals surface area contributed by atoms with Crippen molar-refractivity contribution in [1.82, 2.24) is 0 Å². The van der Waals surface area contributed by atoms with Gasteiger partial charge in [0.05, 0.1) is 0 Å². The molecular weight excluding hydrogens is 191 g/mol. The van der Waals surface area contributed by atoms with E-state index in [-0.39, 0.29) is 37.3 Å². The van der Waals surface area contributed by atoms with Gasteiger partial charge in [0.2, 0.25) is 0 Å². The van der Waals surface area contributed by atoms with Gasteiger partial charge in [0.1, 0.15) is 0 Å². The van der Waals surface area contributed by atoms with Gasteiger partial charge in [-0.25, -0.2) is 0 Å². The van der Waals surface area contributed by atoms with Gasteiger partial charge < -0.3 is 16.6 Å². The normalized spacial score (nSPS) is 10.7. The van der Waals surface area contributed by atoms with Crippen LogP contribution in [0.2, 0.25) is 0 Å². The Balaban J connectivity index is -0.000000320. The van der Waals surface area contributed by atoms with Crippen molar-refractivity contribution >= 4 is 30.8 Å². The molecule has 0 rings (SSSR count). The molecule has 1 atom stereocenters. The van der Waals surface area contributed by atoms with Crippen LogP contribution in [0.25, 0.3) is 0 Å². The van der Waals surface area contributed by atoms with Crippen molar-refractivity contribution in [2.45, 2.75) is 18.9 Å². The second-order valence-corrected chi connectivity index (χ2v) is 1.93. The second-order valence-electron chi connectivity index (χ2n) is 1.93. The van der Waals surface area contributed by atoms with Crippen LogP contribution in [-0.4, -0.2) is 23.7 Å². The third kappa shape index (κ3) is 13.0. The minimum Gasteiger partial charge on any atom is -0.481 e. The molecule has 0 aromatic rings. The highest BCUT2D eigenvalue weighted by Crippen LogP contribution is 1.91. The van der Waals surface area contributed by atoms with Gasteiger partial charge in [-0.2, -0.15) is 0 Å². The molecule has 0 saturated heterocycles. The lowest BCUT2D eigenvalue weighted by atomic mass is 10.2. The predicted molar refractivity (Wildman–Crippen MR) is 48.4 cm³/mol. The number of carboxylic acid groups (broad SMARTS) is 1. The Bertz CT molecular complexity index is 102. The van der Waals surface area contributed by atoms with Gasteiger partial charge in [0, 0.05) is 19.0 Å². The molecule has 5 N–H and O–H groups in total. The van der Waals surface area contributed by atoms with Crippen molar-refractivity contribution in [3.63, 3.8) is 0 Å². The molecule has 0 aromatic heterocycles. The van der Waals surface area contributed by atoms with E-state index in [1.807, 2.05) is 0 Å². The number of aliphatic carboxylic acids is 1. The van der Waals surface area contributed by atoms with Gasteiger partial charge in [-0.15, -0.1) is 24.8 Å². The fraction of sp³-hybridized carbons (Fsp3) is 0.800. The third-order valence-corrected chi connectivity index (χ3v) is 1.03. The summed E-state index contributed by atoms with van der Waals surface area (Å²) in [7, 11) is 0. The van der Waals surface area contributed by atoms with Crippen molar-refractivity contribution in [1.29, 1.82) is 0 Å². The largest absolute Gasteiger partial charge is 0.481 e. The van der Waals surface area contributed by atoms with Gasteiger partial charge in [-0.05, 0) is 6.42 Å². The first-order valence-electron chi connectivity index (χ1n) is 2.84. The van der Waals surface area contributed by atoms with Crippen molar-refractivity contribution in [2.75, 3.05) is 6.54 Å². The quantitative estimate of drug-likeness (QED) is 0.601. The summed E-state index contributed by atoms with van der Waals surface area (Å²) in [6.45, 7) is 0.354. The summed E-state index contributed by atoms with van der Waals surface area (Å²) in [5, 5.41) is 8.16. The van der Waals surface area contributed by atoms with Crippen LogP contribution in [0.15, 0.2) is 0 Å². The topological polar surface area (TPSA) is 89.3 Å². The van der Waals surface area contributed by atoms with Crippen molar-refractivity contribution in [3.05, 3.63) is 0 Å². The lowest BCUT2D eigenvalue weighted by molar-refractivity contribution is -0.137. The zero-order valence-corrected chi connectivity index (χ0v) is 7.66. The predicted octanol–water partition coefficient (Wildman–Crippen LogP) is -0.0192. The van der Waals surface area contributed by atoms with Gasteiger partial charge in [-0.1, -0.05) is 0 Å². The molecule has 70 valence electrons. The molecule has 0 saturated carbocycles. The zero-order valence-electron chi connectivity index (χ0n) is 6.03. The fourth-order valence-electron chi connectivity index (χ4n) is 0.427. The van der Waals surface area contributed by atoms with Crippen molar-refractivity contribution < 1.29 is 9.90 Å². The minimum absolute atomic E-state index is 0. The summed E-state index contributed by atoms with van der Waals surface area (Å²) in [6, 6.07) is -0.166. The van der Waals surface area contributed by atoms with E-state index in [1.165, 1.54) is 0 Å². The molecule has 0 bridgehead atoms. The standard InChI is InChI=1S/C5H12N2O2.2ClH/c6-3-4(7)1-2-5(8)9;;/h4H,1-3,6-7H2,(H,8,9);2*1H/t4-;;/m1../s1. The summed E-state index contributed by atoms with van der Waals surface area (Å²) >= 11 is 0. The van der Waals surface area contributed by atoms with Crippen LogP contribution in [0.5, 0.6) is 0 Å². The number of rotatable bonds is 4. The van der Waals surface area contributed by atoms with Crippen LogP contribution < -0.4 is 11.5 Å². The Morgan fingerprint density at radius 2 is 1.91 bits per heavy atom. The molecule has 0 unspecified atom stereocenters. The highest BCUT2D eigenvalue weighted by atomic mass is 35.5. The summed E-state index contributed by atoms with van der Waals surface area (Å²) in [5.74, 6) is -0.820. The molecule has 0 aliphatic heterocycles. The molecule has 0 spiro atoms. The third-order valence-electron chi connectivity index (χ3n) is 1.03. The first-order chi connectivity index (χ1) is 4.16. The molecule has 0 fully saturated rings. The van der Waals surface area contributed by atoms with Crippen LogP contribution >= 0.6 is 24.8 Å². The lowest BCUT2D eigenvalue weighted by Crippen LogP contribution is -2.30. The average Bonchev–Trinajstić information content (AvgIpc) is 1.83. The van der Waals surface area contributed by atoms with Gasteiger partial charge in [-0.3, -0.25) is 4.79 Å². The van der Waals surface area contributed by atoms with Crippen LogP contribution in [0.1, 0.15) is 12.8 Å². The van der Waals surface area contributed by atoms with Gasteiger partial charge >= 0.3 is 5.97 Å². The Hall–Kier alpha value is -0.0300. The molecule has 6 heteroatoms. The molecule has 0 radical (unpaired) electrons. The molecule has 0 aliphatic rings. The zero-order chi connectivity index (χ0) is 7.28. The molecular formula is C5H14Cl2N2O2. The first kappa shape index (κ1) is 17.2. The molecule has 4 nitrogen and oxygen atoms in total.